The Kier molecular flexibility index (Phi) is 4.46. The van der Waals surface area contributed by atoms with Crippen LogP contribution in [0.2, 0.25) is 0 Å². The van der Waals surface area contributed by atoms with Gasteiger partial charge in [-0.15, -0.1) is 0 Å². The number of rotatable bonds is 4. The Hall–Kier alpha value is -2.57. The van der Waals surface area contributed by atoms with Crippen LogP contribution in [-0.2, 0) is 9.59 Å². The number of hydrogen-bond acceptors (Lipinski definition) is 4. The SMILES string of the molecule is CC(=O)NC(C)C(=O)Nc1ccc(C(=O)O)c(O)c1. The molecule has 4 N–H and O–H groups in total. The number of amides is 2. The molecule has 0 heterocycles. The van der Waals surface area contributed by atoms with E-state index >= 15 is 0 Å². The zero-order chi connectivity index (χ0) is 14.6. The van der Waals surface area contributed by atoms with Crippen LogP contribution in [0.4, 0.5) is 5.69 Å². The van der Waals surface area contributed by atoms with Gasteiger partial charge in [0.25, 0.3) is 0 Å². The molecule has 19 heavy (non-hydrogen) atoms. The number of aromatic carboxylic acids is 1. The first-order chi connectivity index (χ1) is 8.81. The summed E-state index contributed by atoms with van der Waals surface area (Å²) in [6.07, 6.45) is 0. The van der Waals surface area contributed by atoms with E-state index in [1.165, 1.54) is 26.0 Å². The van der Waals surface area contributed by atoms with Gasteiger partial charge in [0.15, 0.2) is 0 Å². The van der Waals surface area contributed by atoms with Gasteiger partial charge in [0.1, 0.15) is 17.4 Å². The second-order valence-corrected chi connectivity index (χ2v) is 3.95. The van der Waals surface area contributed by atoms with Crippen LogP contribution in [0.3, 0.4) is 0 Å². The molecule has 0 bridgehead atoms. The van der Waals surface area contributed by atoms with Crippen LogP contribution in [-0.4, -0.2) is 34.0 Å². The standard InChI is InChI=1S/C12H14N2O5/c1-6(13-7(2)15)11(17)14-8-3-4-9(12(18)19)10(16)5-8/h3-6,16H,1-2H3,(H,13,15)(H,14,17)(H,18,19). The second-order valence-electron chi connectivity index (χ2n) is 3.95. The number of carbonyl (C=O) groups is 3. The summed E-state index contributed by atoms with van der Waals surface area (Å²) in [5.74, 6) is -2.52. The molecule has 0 aromatic heterocycles. The molecule has 102 valence electrons. The van der Waals surface area contributed by atoms with Crippen molar-refractivity contribution in [3.63, 3.8) is 0 Å². The van der Waals surface area contributed by atoms with E-state index < -0.39 is 23.7 Å². The first-order valence-corrected chi connectivity index (χ1v) is 5.45. The molecule has 7 heteroatoms. The van der Waals surface area contributed by atoms with Crippen LogP contribution in [0, 0.1) is 0 Å². The van der Waals surface area contributed by atoms with Crippen molar-refractivity contribution in [3.8, 4) is 5.75 Å². The van der Waals surface area contributed by atoms with E-state index in [9.17, 15) is 19.5 Å². The maximum atomic E-state index is 11.7. The van der Waals surface area contributed by atoms with Gasteiger partial charge in [0, 0.05) is 18.7 Å². The summed E-state index contributed by atoms with van der Waals surface area (Å²) in [5, 5.41) is 23.0. The first-order valence-electron chi connectivity index (χ1n) is 5.45. The van der Waals surface area contributed by atoms with Gasteiger partial charge >= 0.3 is 5.97 Å². The summed E-state index contributed by atoms with van der Waals surface area (Å²) in [5.41, 5.74) is -0.0161. The fraction of sp³-hybridized carbons (Fsp3) is 0.250. The fourth-order valence-corrected chi connectivity index (χ4v) is 1.41. The van der Waals surface area contributed by atoms with E-state index in [-0.39, 0.29) is 17.2 Å². The molecule has 0 fully saturated rings. The molecule has 0 aliphatic carbocycles. The highest BCUT2D eigenvalue weighted by Crippen LogP contribution is 2.21. The lowest BCUT2D eigenvalue weighted by Gasteiger charge is -2.13. The minimum Gasteiger partial charge on any atom is -0.507 e. The topological polar surface area (TPSA) is 116 Å². The van der Waals surface area contributed by atoms with Crippen molar-refractivity contribution in [2.24, 2.45) is 0 Å². The number of anilines is 1. The van der Waals surface area contributed by atoms with Crippen molar-refractivity contribution < 1.29 is 24.6 Å². The van der Waals surface area contributed by atoms with Crippen molar-refractivity contribution in [3.05, 3.63) is 23.8 Å². The summed E-state index contributed by atoms with van der Waals surface area (Å²) in [6.45, 7) is 2.79. The Labute approximate surface area is 109 Å². The maximum absolute atomic E-state index is 11.7. The van der Waals surface area contributed by atoms with Crippen LogP contribution in [0.25, 0.3) is 0 Å². The average Bonchev–Trinajstić information content (AvgIpc) is 2.27. The number of benzene rings is 1. The lowest BCUT2D eigenvalue weighted by atomic mass is 10.1. The van der Waals surface area contributed by atoms with E-state index in [1.54, 1.807) is 0 Å². The third-order valence-corrected chi connectivity index (χ3v) is 2.31. The molecule has 0 aliphatic rings. The Bertz CT molecular complexity index is 527. The number of carboxylic acids is 1. The van der Waals surface area contributed by atoms with Gasteiger partial charge in [-0.25, -0.2) is 4.79 Å². The van der Waals surface area contributed by atoms with Crippen molar-refractivity contribution in [1.29, 1.82) is 0 Å². The van der Waals surface area contributed by atoms with Gasteiger partial charge in [-0.1, -0.05) is 0 Å². The summed E-state index contributed by atoms with van der Waals surface area (Å²) < 4.78 is 0. The fourth-order valence-electron chi connectivity index (χ4n) is 1.41. The molecule has 0 saturated carbocycles. The second kappa shape index (κ2) is 5.85. The maximum Gasteiger partial charge on any atom is 0.339 e. The van der Waals surface area contributed by atoms with Crippen LogP contribution in [0.15, 0.2) is 18.2 Å². The van der Waals surface area contributed by atoms with E-state index in [4.69, 9.17) is 5.11 Å². The first kappa shape index (κ1) is 14.5. The quantitative estimate of drug-likeness (QED) is 0.635. The highest BCUT2D eigenvalue weighted by molar-refractivity contribution is 5.98. The van der Waals surface area contributed by atoms with Crippen molar-refractivity contribution in [2.45, 2.75) is 19.9 Å². The molecule has 1 aromatic rings. The van der Waals surface area contributed by atoms with Gasteiger partial charge in [-0.2, -0.15) is 0 Å². The third-order valence-electron chi connectivity index (χ3n) is 2.31. The van der Waals surface area contributed by atoms with Crippen LogP contribution in [0.1, 0.15) is 24.2 Å². The number of carboxylic acid groups (broad SMARTS) is 1. The number of phenols is 1. The normalized spacial score (nSPS) is 11.5. The molecule has 1 rings (SSSR count). The Morgan fingerprint density at radius 1 is 1.26 bits per heavy atom. The molecule has 2 amide bonds. The molecular formula is C12H14N2O5. The summed E-state index contributed by atoms with van der Waals surface area (Å²) >= 11 is 0. The van der Waals surface area contributed by atoms with E-state index in [0.717, 1.165) is 6.07 Å². The molecule has 1 unspecified atom stereocenters. The number of carbonyl (C=O) groups excluding carboxylic acids is 2. The third kappa shape index (κ3) is 3.98. The van der Waals surface area contributed by atoms with Gasteiger partial charge < -0.3 is 20.8 Å². The van der Waals surface area contributed by atoms with E-state index in [0.29, 0.717) is 0 Å². The smallest absolute Gasteiger partial charge is 0.339 e. The summed E-state index contributed by atoms with van der Waals surface area (Å²) in [7, 11) is 0. The molecule has 7 nitrogen and oxygen atoms in total. The molecule has 0 aliphatic heterocycles. The Morgan fingerprint density at radius 2 is 1.89 bits per heavy atom. The number of hydrogen-bond donors (Lipinski definition) is 4. The average molecular weight is 266 g/mol. The molecule has 1 atom stereocenters. The largest absolute Gasteiger partial charge is 0.507 e. The van der Waals surface area contributed by atoms with Gasteiger partial charge in [0.05, 0.1) is 0 Å². The van der Waals surface area contributed by atoms with Crippen LogP contribution in [0.5, 0.6) is 5.75 Å². The van der Waals surface area contributed by atoms with Crippen molar-refractivity contribution in [1.82, 2.24) is 5.32 Å². The number of aromatic hydroxyl groups is 1. The van der Waals surface area contributed by atoms with Crippen molar-refractivity contribution in [2.75, 3.05) is 5.32 Å². The van der Waals surface area contributed by atoms with Gasteiger partial charge in [-0.05, 0) is 19.1 Å². The van der Waals surface area contributed by atoms with E-state index in [2.05, 4.69) is 10.6 Å². The molecule has 0 spiro atoms. The van der Waals surface area contributed by atoms with Gasteiger partial charge in [0.2, 0.25) is 11.8 Å². The lowest BCUT2D eigenvalue weighted by molar-refractivity contribution is -0.124. The molecule has 1 aromatic carbocycles. The predicted octanol–water partition coefficient (Wildman–Crippen LogP) is 0.553. The molecule has 0 radical (unpaired) electrons. The van der Waals surface area contributed by atoms with Crippen molar-refractivity contribution >= 4 is 23.5 Å². The lowest BCUT2D eigenvalue weighted by Crippen LogP contribution is -2.40. The number of nitrogens with one attached hydrogen (secondary N) is 2. The summed E-state index contributed by atoms with van der Waals surface area (Å²) in [6, 6.07) is 2.92. The Balaban J connectivity index is 2.78. The molecule has 0 saturated heterocycles. The zero-order valence-electron chi connectivity index (χ0n) is 10.4. The van der Waals surface area contributed by atoms with Crippen LogP contribution >= 0.6 is 0 Å². The van der Waals surface area contributed by atoms with Gasteiger partial charge in [-0.3, -0.25) is 9.59 Å². The zero-order valence-corrected chi connectivity index (χ0v) is 10.4. The monoisotopic (exact) mass is 266 g/mol. The Morgan fingerprint density at radius 3 is 2.37 bits per heavy atom. The summed E-state index contributed by atoms with van der Waals surface area (Å²) in [4.78, 5) is 33.1. The highest BCUT2D eigenvalue weighted by Gasteiger charge is 2.15. The highest BCUT2D eigenvalue weighted by atomic mass is 16.4. The molecular weight excluding hydrogens is 252 g/mol. The predicted molar refractivity (Wildman–Crippen MR) is 67.0 cm³/mol. The van der Waals surface area contributed by atoms with Crippen LogP contribution < -0.4 is 10.6 Å². The minimum absolute atomic E-state index is 0.240. The van der Waals surface area contributed by atoms with E-state index in [1.807, 2.05) is 0 Å². The minimum atomic E-state index is -1.26.